The van der Waals surface area contributed by atoms with Crippen molar-refractivity contribution in [3.63, 3.8) is 0 Å². The summed E-state index contributed by atoms with van der Waals surface area (Å²) in [5.74, 6) is 0.793. The van der Waals surface area contributed by atoms with Gasteiger partial charge in [-0.2, -0.15) is 12.6 Å². The zero-order valence-electron chi connectivity index (χ0n) is 8.44. The summed E-state index contributed by atoms with van der Waals surface area (Å²) in [5.41, 5.74) is 0.0272. The van der Waals surface area contributed by atoms with Crippen molar-refractivity contribution in [3.05, 3.63) is 27.6 Å². The van der Waals surface area contributed by atoms with Crippen LogP contribution in [0.3, 0.4) is 0 Å². The molecule has 4 nitrogen and oxygen atoms in total. The molecule has 0 saturated carbocycles. The van der Waals surface area contributed by atoms with Crippen LogP contribution in [0.15, 0.2) is 17.1 Å². The van der Waals surface area contributed by atoms with Crippen molar-refractivity contribution in [1.29, 1.82) is 0 Å². The molecule has 1 aliphatic rings. The average Bonchev–Trinajstić information content (AvgIpc) is 2.63. The fourth-order valence-electron chi connectivity index (χ4n) is 1.78. The number of aromatic nitrogens is 1. The van der Waals surface area contributed by atoms with E-state index in [4.69, 9.17) is 11.6 Å². The van der Waals surface area contributed by atoms with Crippen molar-refractivity contribution in [2.75, 3.05) is 17.2 Å². The Hall–Kier alpha value is -0.940. The largest absolute Gasteiger partial charge is 0.326 e. The molecular weight excluding hydrogens is 248 g/mol. The van der Waals surface area contributed by atoms with Crippen molar-refractivity contribution in [1.82, 2.24) is 4.98 Å². The number of halogens is 1. The lowest BCUT2D eigenvalue weighted by atomic mass is 10.1. The molecule has 1 aromatic rings. The molecule has 1 N–H and O–H groups in total. The third-order valence-corrected chi connectivity index (χ3v) is 3.34. The Bertz CT molecular complexity index is 474. The second kappa shape index (κ2) is 4.51. The van der Waals surface area contributed by atoms with Gasteiger partial charge in [-0.25, -0.2) is 0 Å². The van der Waals surface area contributed by atoms with Crippen molar-refractivity contribution in [2.24, 2.45) is 5.92 Å². The first kappa shape index (κ1) is 11.5. The minimum absolute atomic E-state index is 0.0492. The quantitative estimate of drug-likeness (QED) is 0.786. The van der Waals surface area contributed by atoms with Gasteiger partial charge in [0.2, 0.25) is 5.91 Å². The third-order valence-electron chi connectivity index (χ3n) is 2.60. The van der Waals surface area contributed by atoms with Crippen molar-refractivity contribution in [3.8, 4) is 0 Å². The molecule has 0 aliphatic carbocycles. The number of carbonyl (C=O) groups excluding carboxylic acids is 1. The molecule has 6 heteroatoms. The van der Waals surface area contributed by atoms with Gasteiger partial charge in [-0.1, -0.05) is 11.6 Å². The molecule has 1 saturated heterocycles. The lowest BCUT2D eigenvalue weighted by molar-refractivity contribution is -0.117. The van der Waals surface area contributed by atoms with E-state index in [1.807, 2.05) is 0 Å². The molecule has 1 atom stereocenters. The SMILES string of the molecule is O=C1CC(CS)CN1c1cc(Cl)c[nH]c1=O. The lowest BCUT2D eigenvalue weighted by Crippen LogP contribution is -2.30. The molecule has 1 unspecified atom stereocenters. The second-order valence-electron chi connectivity index (χ2n) is 3.79. The molecule has 0 radical (unpaired) electrons. The van der Waals surface area contributed by atoms with Crippen LogP contribution in [0, 0.1) is 5.92 Å². The van der Waals surface area contributed by atoms with Gasteiger partial charge in [-0.3, -0.25) is 9.59 Å². The van der Waals surface area contributed by atoms with Gasteiger partial charge in [-0.05, 0) is 17.7 Å². The molecule has 0 bridgehead atoms. The van der Waals surface area contributed by atoms with E-state index in [9.17, 15) is 9.59 Å². The summed E-state index contributed by atoms with van der Waals surface area (Å²) in [7, 11) is 0. The molecule has 86 valence electrons. The van der Waals surface area contributed by atoms with Crippen LogP contribution in [0.1, 0.15) is 6.42 Å². The first-order valence-electron chi connectivity index (χ1n) is 4.91. The van der Waals surface area contributed by atoms with Crippen LogP contribution in [-0.4, -0.2) is 23.2 Å². The van der Waals surface area contributed by atoms with E-state index in [2.05, 4.69) is 17.6 Å². The average molecular weight is 259 g/mol. The second-order valence-corrected chi connectivity index (χ2v) is 4.59. The Kier molecular flexibility index (Phi) is 3.25. The summed E-state index contributed by atoms with van der Waals surface area (Å²) >= 11 is 9.95. The Labute approximate surface area is 103 Å². The minimum atomic E-state index is -0.294. The van der Waals surface area contributed by atoms with Crippen molar-refractivity contribution < 1.29 is 4.79 Å². The zero-order chi connectivity index (χ0) is 11.7. The summed E-state index contributed by atoms with van der Waals surface area (Å²) in [6.07, 6.45) is 1.85. The van der Waals surface area contributed by atoms with Gasteiger partial charge in [0.25, 0.3) is 5.56 Å². The Morgan fingerprint density at radius 2 is 2.31 bits per heavy atom. The van der Waals surface area contributed by atoms with Crippen molar-refractivity contribution >= 4 is 35.8 Å². The van der Waals surface area contributed by atoms with Crippen LogP contribution < -0.4 is 10.5 Å². The lowest BCUT2D eigenvalue weighted by Gasteiger charge is -2.15. The van der Waals surface area contributed by atoms with Crippen molar-refractivity contribution in [2.45, 2.75) is 6.42 Å². The number of nitrogens with zero attached hydrogens (tertiary/aromatic N) is 1. The number of pyridine rings is 1. The summed E-state index contributed by atoms with van der Waals surface area (Å²) in [6, 6.07) is 1.51. The topological polar surface area (TPSA) is 53.2 Å². The van der Waals surface area contributed by atoms with E-state index in [0.717, 1.165) is 0 Å². The third kappa shape index (κ3) is 2.10. The first-order valence-corrected chi connectivity index (χ1v) is 5.92. The molecule has 2 rings (SSSR count). The number of rotatable bonds is 2. The van der Waals surface area contributed by atoms with Gasteiger partial charge < -0.3 is 9.88 Å². The van der Waals surface area contributed by atoms with Gasteiger partial charge in [0.1, 0.15) is 5.69 Å². The number of aromatic amines is 1. The Morgan fingerprint density at radius 3 is 2.94 bits per heavy atom. The van der Waals surface area contributed by atoms with E-state index in [1.54, 1.807) is 0 Å². The summed E-state index contributed by atoms with van der Waals surface area (Å²) < 4.78 is 0. The first-order chi connectivity index (χ1) is 7.61. The molecular formula is C10H11ClN2O2S. The van der Waals surface area contributed by atoms with Gasteiger partial charge >= 0.3 is 0 Å². The number of amides is 1. The maximum atomic E-state index is 11.7. The van der Waals surface area contributed by atoms with E-state index in [1.165, 1.54) is 17.2 Å². The van der Waals surface area contributed by atoms with Gasteiger partial charge in [0, 0.05) is 19.2 Å². The maximum Gasteiger partial charge on any atom is 0.272 e. The molecule has 2 heterocycles. The van der Waals surface area contributed by atoms with E-state index < -0.39 is 0 Å². The number of hydrogen-bond donors (Lipinski definition) is 2. The summed E-state index contributed by atoms with van der Waals surface area (Å²) in [4.78, 5) is 27.3. The molecule has 0 spiro atoms. The standard InChI is InChI=1S/C10H11ClN2O2S/c11-7-2-8(10(15)12-3-7)13-4-6(5-16)1-9(13)14/h2-3,6,16H,1,4-5H2,(H,12,15). The molecule has 16 heavy (non-hydrogen) atoms. The summed E-state index contributed by atoms with van der Waals surface area (Å²) in [6.45, 7) is 0.533. The predicted molar refractivity (Wildman–Crippen MR) is 66.4 cm³/mol. The normalized spacial score (nSPS) is 20.5. The monoisotopic (exact) mass is 258 g/mol. The number of nitrogens with one attached hydrogen (secondary N) is 1. The van der Waals surface area contributed by atoms with Crippen LogP contribution in [0.4, 0.5) is 5.69 Å². The molecule has 1 fully saturated rings. The molecule has 1 aliphatic heterocycles. The molecule has 1 amide bonds. The van der Waals surface area contributed by atoms with Crippen LogP contribution in [-0.2, 0) is 4.79 Å². The van der Waals surface area contributed by atoms with Crippen LogP contribution in [0.5, 0.6) is 0 Å². The van der Waals surface area contributed by atoms with Crippen LogP contribution in [0.25, 0.3) is 0 Å². The zero-order valence-corrected chi connectivity index (χ0v) is 10.1. The summed E-state index contributed by atoms with van der Waals surface area (Å²) in [5, 5.41) is 0.414. The fourth-order valence-corrected chi connectivity index (χ4v) is 2.19. The van der Waals surface area contributed by atoms with E-state index in [-0.39, 0.29) is 17.4 Å². The Morgan fingerprint density at radius 1 is 1.56 bits per heavy atom. The highest BCUT2D eigenvalue weighted by atomic mass is 35.5. The highest BCUT2D eigenvalue weighted by molar-refractivity contribution is 7.80. The number of H-pyrrole nitrogens is 1. The van der Waals surface area contributed by atoms with Gasteiger partial charge in [0.15, 0.2) is 0 Å². The number of carbonyl (C=O) groups is 1. The highest BCUT2D eigenvalue weighted by Crippen LogP contribution is 2.24. The smallest absolute Gasteiger partial charge is 0.272 e. The molecule has 0 aromatic carbocycles. The number of hydrogen-bond acceptors (Lipinski definition) is 3. The van der Waals surface area contributed by atoms with Gasteiger partial charge in [-0.15, -0.1) is 0 Å². The molecule has 1 aromatic heterocycles. The van der Waals surface area contributed by atoms with E-state index in [0.29, 0.717) is 29.4 Å². The van der Waals surface area contributed by atoms with E-state index >= 15 is 0 Å². The van der Waals surface area contributed by atoms with Crippen LogP contribution in [0.2, 0.25) is 5.02 Å². The predicted octanol–water partition coefficient (Wildman–Crippen LogP) is 1.31. The highest BCUT2D eigenvalue weighted by Gasteiger charge is 2.31. The van der Waals surface area contributed by atoms with Crippen LogP contribution >= 0.6 is 24.2 Å². The maximum absolute atomic E-state index is 11.7. The van der Waals surface area contributed by atoms with Gasteiger partial charge in [0.05, 0.1) is 5.02 Å². The Balaban J connectivity index is 2.34. The number of thiol groups is 1. The minimum Gasteiger partial charge on any atom is -0.326 e. The number of anilines is 1. The fraction of sp³-hybridized carbons (Fsp3) is 0.400.